The molecule has 1 fully saturated rings. The summed E-state index contributed by atoms with van der Waals surface area (Å²) in [5.74, 6) is -0.858. The van der Waals surface area contributed by atoms with E-state index in [2.05, 4.69) is 4.74 Å². The molecule has 12 heavy (non-hydrogen) atoms. The van der Waals surface area contributed by atoms with Gasteiger partial charge in [0.15, 0.2) is 12.6 Å². The van der Waals surface area contributed by atoms with E-state index in [4.69, 9.17) is 21.1 Å². The third-order valence-electron chi connectivity index (χ3n) is 2.02. The monoisotopic (exact) mass is 179 g/mol. The Hall–Kier alpha value is -0.240. The molecule has 1 aliphatic rings. The van der Waals surface area contributed by atoms with E-state index in [1.807, 2.05) is 0 Å². The lowest BCUT2D eigenvalue weighted by molar-refractivity contribution is -0.290. The molecule has 6 heteroatoms. The van der Waals surface area contributed by atoms with Gasteiger partial charge in [-0.15, -0.1) is 0 Å². The molecule has 6 nitrogen and oxygen atoms in total. The molecule has 6 N–H and O–H groups in total. The van der Waals surface area contributed by atoms with E-state index in [0.29, 0.717) is 0 Å². The van der Waals surface area contributed by atoms with Crippen LogP contribution in [0.15, 0.2) is 0 Å². The summed E-state index contributed by atoms with van der Waals surface area (Å²) in [4.78, 5) is 0. The van der Waals surface area contributed by atoms with Crippen LogP contribution in [-0.4, -0.2) is 51.8 Å². The van der Waals surface area contributed by atoms with E-state index in [1.54, 1.807) is 0 Å². The van der Waals surface area contributed by atoms with Crippen LogP contribution in [0.1, 0.15) is 0 Å². The van der Waals surface area contributed by atoms with Crippen LogP contribution in [0.4, 0.5) is 0 Å². The Balaban J connectivity index is 2.65. The van der Waals surface area contributed by atoms with Crippen molar-refractivity contribution in [3.8, 4) is 0 Å². The second-order valence-electron chi connectivity index (χ2n) is 2.83. The Kier molecular flexibility index (Phi) is 2.99. The van der Waals surface area contributed by atoms with Crippen LogP contribution in [0.2, 0.25) is 0 Å². The highest BCUT2D eigenvalue weighted by Crippen LogP contribution is 2.21. The highest BCUT2D eigenvalue weighted by atomic mass is 16.7. The summed E-state index contributed by atoms with van der Waals surface area (Å²) in [6, 6.07) is -0.995. The molecule has 0 aromatic carbocycles. The highest BCUT2D eigenvalue weighted by molar-refractivity contribution is 4.86. The van der Waals surface area contributed by atoms with E-state index in [1.165, 1.54) is 0 Å². The fraction of sp³-hybridized carbons (Fsp3) is 1.00. The van der Waals surface area contributed by atoms with Crippen molar-refractivity contribution in [2.75, 3.05) is 6.61 Å². The van der Waals surface area contributed by atoms with Gasteiger partial charge in [-0.25, -0.2) is 0 Å². The van der Waals surface area contributed by atoms with Gasteiger partial charge in [0.25, 0.3) is 0 Å². The van der Waals surface area contributed by atoms with Crippen molar-refractivity contribution in [3.05, 3.63) is 0 Å². The quantitative estimate of drug-likeness (QED) is 0.292. The predicted octanol–water partition coefficient (Wildman–Crippen LogP) is -3.05. The molecule has 0 aliphatic carbocycles. The Bertz CT molecular complexity index is 155. The highest BCUT2D eigenvalue weighted by Gasteiger charge is 2.41. The lowest BCUT2D eigenvalue weighted by Crippen LogP contribution is -2.59. The Morgan fingerprint density at radius 2 is 1.75 bits per heavy atom. The molecule has 1 saturated heterocycles. The molecular weight excluding hydrogens is 166 g/mol. The molecule has 0 bridgehead atoms. The summed E-state index contributed by atoms with van der Waals surface area (Å²) in [6.45, 7) is -0.442. The van der Waals surface area contributed by atoms with E-state index >= 15 is 0 Å². The minimum Gasteiger partial charge on any atom is -0.396 e. The minimum atomic E-state index is -1.39. The van der Waals surface area contributed by atoms with Gasteiger partial charge in [0.05, 0.1) is 24.7 Å². The molecule has 1 heterocycles. The zero-order chi connectivity index (χ0) is 9.30. The topological polar surface area (TPSA) is 116 Å². The van der Waals surface area contributed by atoms with Crippen molar-refractivity contribution < 1.29 is 25.2 Å². The Morgan fingerprint density at radius 3 is 2.25 bits per heavy atom. The zero-order valence-corrected chi connectivity index (χ0v) is 6.37. The molecule has 1 rings (SSSR count). The van der Waals surface area contributed by atoms with Crippen LogP contribution in [0.25, 0.3) is 0 Å². The van der Waals surface area contributed by atoms with E-state index in [9.17, 15) is 5.11 Å². The summed E-state index contributed by atoms with van der Waals surface area (Å²) in [5, 5.41) is 36.0. The second kappa shape index (κ2) is 3.65. The van der Waals surface area contributed by atoms with Gasteiger partial charge in [-0.2, -0.15) is 0 Å². The van der Waals surface area contributed by atoms with Crippen molar-refractivity contribution in [3.63, 3.8) is 0 Å². The number of aliphatic hydroxyl groups is 4. The van der Waals surface area contributed by atoms with Crippen LogP contribution < -0.4 is 5.73 Å². The summed E-state index contributed by atoms with van der Waals surface area (Å²) in [6.07, 6.45) is -3.92. The van der Waals surface area contributed by atoms with Crippen LogP contribution in [0, 0.1) is 5.92 Å². The molecule has 5 unspecified atom stereocenters. The zero-order valence-electron chi connectivity index (χ0n) is 6.37. The molecule has 0 amide bonds. The number of hydrogen-bond donors (Lipinski definition) is 5. The summed E-state index contributed by atoms with van der Waals surface area (Å²) < 4.78 is 4.54. The lowest BCUT2D eigenvalue weighted by Gasteiger charge is -2.38. The predicted molar refractivity (Wildman–Crippen MR) is 37.7 cm³/mol. The maximum absolute atomic E-state index is 9.29. The van der Waals surface area contributed by atoms with Gasteiger partial charge in [-0.05, 0) is 0 Å². The van der Waals surface area contributed by atoms with Crippen molar-refractivity contribution in [1.29, 1.82) is 0 Å². The van der Waals surface area contributed by atoms with E-state index in [0.717, 1.165) is 0 Å². The molecule has 0 aromatic rings. The largest absolute Gasteiger partial charge is 0.396 e. The first-order valence-corrected chi connectivity index (χ1v) is 3.64. The van der Waals surface area contributed by atoms with Crippen molar-refractivity contribution in [2.24, 2.45) is 11.7 Å². The summed E-state index contributed by atoms with van der Waals surface area (Å²) >= 11 is 0. The molecular formula is C6H13NO5. The van der Waals surface area contributed by atoms with E-state index in [-0.39, 0.29) is 0 Å². The Morgan fingerprint density at radius 1 is 1.17 bits per heavy atom. The summed E-state index contributed by atoms with van der Waals surface area (Å²) in [7, 11) is 0. The van der Waals surface area contributed by atoms with Gasteiger partial charge < -0.3 is 30.9 Å². The normalized spacial score (nSPS) is 49.2. The fourth-order valence-electron chi connectivity index (χ4n) is 1.16. The van der Waals surface area contributed by atoms with Gasteiger partial charge in [0, 0.05) is 0 Å². The van der Waals surface area contributed by atoms with Gasteiger partial charge in [0.1, 0.15) is 0 Å². The molecule has 0 aromatic heterocycles. The third-order valence-corrected chi connectivity index (χ3v) is 2.02. The average Bonchev–Trinajstić information content (AvgIpc) is 2.01. The van der Waals surface area contributed by atoms with Crippen molar-refractivity contribution >= 4 is 0 Å². The van der Waals surface area contributed by atoms with Gasteiger partial charge >= 0.3 is 0 Å². The SMILES string of the molecule is NC1C(O)OC(O)C(CO)C1O. The maximum atomic E-state index is 9.29. The Labute approximate surface area is 69.2 Å². The van der Waals surface area contributed by atoms with Gasteiger partial charge in [0.2, 0.25) is 0 Å². The van der Waals surface area contributed by atoms with Crippen LogP contribution in [0.3, 0.4) is 0 Å². The smallest absolute Gasteiger partial charge is 0.175 e. The molecule has 5 atom stereocenters. The summed E-state index contributed by atoms with van der Waals surface area (Å²) in [5.41, 5.74) is 5.30. The van der Waals surface area contributed by atoms with E-state index < -0.39 is 37.3 Å². The molecule has 1 aliphatic heterocycles. The first-order chi connectivity index (χ1) is 5.57. The molecule has 0 radical (unpaired) electrons. The number of hydrogen-bond acceptors (Lipinski definition) is 6. The van der Waals surface area contributed by atoms with Gasteiger partial charge in [-0.3, -0.25) is 0 Å². The third kappa shape index (κ3) is 1.58. The standard InChI is InChI=1S/C6H13NO5/c7-3-4(9)2(1-8)5(10)12-6(3)11/h2-6,8-11H,1,7H2. The van der Waals surface area contributed by atoms with Crippen molar-refractivity contribution in [1.82, 2.24) is 0 Å². The van der Waals surface area contributed by atoms with Crippen molar-refractivity contribution in [2.45, 2.75) is 24.7 Å². The maximum Gasteiger partial charge on any atom is 0.175 e. The van der Waals surface area contributed by atoms with Gasteiger partial charge in [-0.1, -0.05) is 0 Å². The fourth-order valence-corrected chi connectivity index (χ4v) is 1.16. The molecule has 0 spiro atoms. The van der Waals surface area contributed by atoms with Crippen LogP contribution in [0.5, 0.6) is 0 Å². The minimum absolute atomic E-state index is 0.442. The average molecular weight is 179 g/mol. The number of ether oxygens (including phenoxy) is 1. The number of nitrogens with two attached hydrogens (primary N) is 1. The van der Waals surface area contributed by atoms with Crippen LogP contribution in [-0.2, 0) is 4.74 Å². The first kappa shape index (κ1) is 9.85. The second-order valence-corrected chi connectivity index (χ2v) is 2.83. The first-order valence-electron chi connectivity index (χ1n) is 3.64. The number of rotatable bonds is 1. The molecule has 72 valence electrons. The number of aliphatic hydroxyl groups excluding tert-OH is 4. The van der Waals surface area contributed by atoms with Crippen LogP contribution >= 0.6 is 0 Å². The lowest BCUT2D eigenvalue weighted by atomic mass is 9.93. The molecule has 0 saturated carbocycles.